The van der Waals surface area contributed by atoms with Gasteiger partial charge < -0.3 is 5.32 Å². The van der Waals surface area contributed by atoms with Crippen LogP contribution in [0.5, 0.6) is 0 Å². The van der Waals surface area contributed by atoms with Crippen molar-refractivity contribution in [3.05, 3.63) is 0 Å². The van der Waals surface area contributed by atoms with Crippen LogP contribution in [0.3, 0.4) is 0 Å². The molecule has 0 aromatic heterocycles. The monoisotopic (exact) mass is 158 g/mol. The second-order valence-electron chi connectivity index (χ2n) is 2.96. The lowest BCUT2D eigenvalue weighted by Crippen LogP contribution is -2.42. The number of rotatable bonds is 4. The van der Waals surface area contributed by atoms with Crippen LogP contribution < -0.4 is 5.32 Å². The van der Waals surface area contributed by atoms with Gasteiger partial charge in [0.05, 0.1) is 6.17 Å². The molecule has 0 aliphatic rings. The fourth-order valence-corrected chi connectivity index (χ4v) is 0.661. The van der Waals surface area contributed by atoms with Crippen LogP contribution in [0, 0.1) is 0 Å². The zero-order chi connectivity index (χ0) is 8.85. The molecule has 3 nitrogen and oxygen atoms in total. The van der Waals surface area contributed by atoms with Gasteiger partial charge in [0.25, 0.3) is 0 Å². The maximum absolute atomic E-state index is 11.0. The van der Waals surface area contributed by atoms with Crippen LogP contribution in [-0.2, 0) is 4.79 Å². The Morgan fingerprint density at radius 1 is 1.55 bits per heavy atom. The SMILES string of the molecule is CCCC(=O)NC(C)N(C)C. The zero-order valence-corrected chi connectivity index (χ0v) is 7.85. The second-order valence-corrected chi connectivity index (χ2v) is 2.96. The van der Waals surface area contributed by atoms with Gasteiger partial charge in [0.15, 0.2) is 0 Å². The molecule has 3 heteroatoms. The van der Waals surface area contributed by atoms with Gasteiger partial charge >= 0.3 is 0 Å². The van der Waals surface area contributed by atoms with E-state index in [4.69, 9.17) is 0 Å². The van der Waals surface area contributed by atoms with Crippen molar-refractivity contribution < 1.29 is 4.79 Å². The lowest BCUT2D eigenvalue weighted by molar-refractivity contribution is -0.122. The molecule has 1 N–H and O–H groups in total. The Morgan fingerprint density at radius 2 is 2.09 bits per heavy atom. The molecule has 0 rings (SSSR count). The molecule has 0 aromatic carbocycles. The van der Waals surface area contributed by atoms with E-state index in [1.165, 1.54) is 0 Å². The van der Waals surface area contributed by atoms with Crippen LogP contribution >= 0.6 is 0 Å². The Hall–Kier alpha value is -0.570. The van der Waals surface area contributed by atoms with Crippen molar-refractivity contribution in [3.63, 3.8) is 0 Å². The summed E-state index contributed by atoms with van der Waals surface area (Å²) in [6.45, 7) is 3.97. The van der Waals surface area contributed by atoms with Gasteiger partial charge in [-0.3, -0.25) is 9.69 Å². The maximum Gasteiger partial charge on any atom is 0.221 e. The first-order valence-corrected chi connectivity index (χ1v) is 4.03. The van der Waals surface area contributed by atoms with Crippen molar-refractivity contribution in [1.29, 1.82) is 0 Å². The summed E-state index contributed by atoms with van der Waals surface area (Å²) in [7, 11) is 3.88. The number of amides is 1. The highest BCUT2D eigenvalue weighted by molar-refractivity contribution is 5.75. The first-order chi connectivity index (χ1) is 5.07. The van der Waals surface area contributed by atoms with Gasteiger partial charge in [-0.15, -0.1) is 0 Å². The standard InChI is InChI=1S/C8H18N2O/c1-5-6-8(11)9-7(2)10(3)4/h7H,5-6H2,1-4H3,(H,9,11). The summed E-state index contributed by atoms with van der Waals surface area (Å²) in [5, 5.41) is 2.87. The normalized spacial score (nSPS) is 13.2. The molecule has 0 radical (unpaired) electrons. The number of nitrogens with zero attached hydrogens (tertiary/aromatic N) is 1. The van der Waals surface area contributed by atoms with Gasteiger partial charge in [-0.1, -0.05) is 6.92 Å². The molecule has 1 unspecified atom stereocenters. The fraction of sp³-hybridized carbons (Fsp3) is 0.875. The summed E-state index contributed by atoms with van der Waals surface area (Å²) in [6.07, 6.45) is 1.67. The Morgan fingerprint density at radius 3 is 2.45 bits per heavy atom. The molecular weight excluding hydrogens is 140 g/mol. The van der Waals surface area contributed by atoms with Gasteiger partial charge in [-0.05, 0) is 27.4 Å². The number of carbonyl (C=O) groups is 1. The Labute approximate surface area is 68.8 Å². The zero-order valence-electron chi connectivity index (χ0n) is 7.85. The van der Waals surface area contributed by atoms with Gasteiger partial charge in [0.1, 0.15) is 0 Å². The molecule has 0 bridgehead atoms. The lowest BCUT2D eigenvalue weighted by Gasteiger charge is -2.20. The predicted molar refractivity (Wildman–Crippen MR) is 46.2 cm³/mol. The third-order valence-corrected chi connectivity index (χ3v) is 1.62. The summed E-state index contributed by atoms with van der Waals surface area (Å²) < 4.78 is 0. The minimum Gasteiger partial charge on any atom is -0.341 e. The van der Waals surface area contributed by atoms with Gasteiger partial charge in [0, 0.05) is 6.42 Å². The molecule has 0 saturated carbocycles. The van der Waals surface area contributed by atoms with Crippen molar-refractivity contribution in [1.82, 2.24) is 10.2 Å². The Kier molecular flexibility index (Phi) is 4.86. The third kappa shape index (κ3) is 4.79. The van der Waals surface area contributed by atoms with E-state index < -0.39 is 0 Å². The van der Waals surface area contributed by atoms with Crippen molar-refractivity contribution in [2.75, 3.05) is 14.1 Å². The van der Waals surface area contributed by atoms with E-state index in [0.29, 0.717) is 6.42 Å². The minimum atomic E-state index is 0.133. The van der Waals surface area contributed by atoms with E-state index in [2.05, 4.69) is 5.32 Å². The minimum absolute atomic E-state index is 0.133. The summed E-state index contributed by atoms with van der Waals surface area (Å²) in [5.74, 6) is 0.133. The summed E-state index contributed by atoms with van der Waals surface area (Å²) in [4.78, 5) is 13.0. The average molecular weight is 158 g/mol. The summed E-state index contributed by atoms with van der Waals surface area (Å²) in [5.41, 5.74) is 0. The molecule has 66 valence electrons. The average Bonchev–Trinajstić information content (AvgIpc) is 1.87. The van der Waals surface area contributed by atoms with E-state index in [1.54, 1.807) is 0 Å². The molecule has 0 aliphatic carbocycles. The maximum atomic E-state index is 11.0. The number of nitrogens with one attached hydrogen (secondary N) is 1. The quantitative estimate of drug-likeness (QED) is 0.614. The van der Waals surface area contributed by atoms with E-state index in [9.17, 15) is 4.79 Å². The molecule has 1 amide bonds. The predicted octanol–water partition coefficient (Wildman–Crippen LogP) is 0.810. The number of carbonyl (C=O) groups excluding carboxylic acids is 1. The number of hydrogen-bond donors (Lipinski definition) is 1. The van der Waals surface area contributed by atoms with Crippen LogP contribution in [0.2, 0.25) is 0 Å². The van der Waals surface area contributed by atoms with Crippen molar-refractivity contribution in [2.24, 2.45) is 0 Å². The smallest absolute Gasteiger partial charge is 0.221 e. The fourth-order valence-electron chi connectivity index (χ4n) is 0.661. The summed E-state index contributed by atoms with van der Waals surface area (Å²) in [6, 6.07) is 0. The first kappa shape index (κ1) is 10.4. The summed E-state index contributed by atoms with van der Waals surface area (Å²) >= 11 is 0. The van der Waals surface area contributed by atoms with E-state index in [0.717, 1.165) is 6.42 Å². The van der Waals surface area contributed by atoms with Crippen LogP contribution in [0.15, 0.2) is 0 Å². The van der Waals surface area contributed by atoms with E-state index in [1.807, 2.05) is 32.8 Å². The van der Waals surface area contributed by atoms with Crippen LogP contribution in [0.1, 0.15) is 26.7 Å². The molecule has 1 atom stereocenters. The Balaban J connectivity index is 3.57. The van der Waals surface area contributed by atoms with Crippen molar-refractivity contribution in [2.45, 2.75) is 32.9 Å². The van der Waals surface area contributed by atoms with Gasteiger partial charge in [-0.2, -0.15) is 0 Å². The number of hydrogen-bond acceptors (Lipinski definition) is 2. The van der Waals surface area contributed by atoms with E-state index in [-0.39, 0.29) is 12.1 Å². The largest absolute Gasteiger partial charge is 0.341 e. The molecule has 0 saturated heterocycles. The highest BCUT2D eigenvalue weighted by atomic mass is 16.1. The van der Waals surface area contributed by atoms with Crippen molar-refractivity contribution >= 4 is 5.91 Å². The molecule has 0 aromatic rings. The first-order valence-electron chi connectivity index (χ1n) is 4.03. The topological polar surface area (TPSA) is 32.3 Å². The van der Waals surface area contributed by atoms with Crippen molar-refractivity contribution in [3.8, 4) is 0 Å². The van der Waals surface area contributed by atoms with Crippen LogP contribution in [-0.4, -0.2) is 31.1 Å². The molecule has 0 aliphatic heterocycles. The van der Waals surface area contributed by atoms with E-state index >= 15 is 0 Å². The van der Waals surface area contributed by atoms with Gasteiger partial charge in [0.2, 0.25) is 5.91 Å². The molecule has 0 fully saturated rings. The lowest BCUT2D eigenvalue weighted by atomic mass is 10.3. The molecule has 11 heavy (non-hydrogen) atoms. The highest BCUT2D eigenvalue weighted by Gasteiger charge is 2.06. The second kappa shape index (κ2) is 5.13. The molecule has 0 spiro atoms. The molecule has 0 heterocycles. The molecular formula is C8H18N2O. The Bertz CT molecular complexity index is 123. The highest BCUT2D eigenvalue weighted by Crippen LogP contribution is 1.90. The van der Waals surface area contributed by atoms with Gasteiger partial charge in [-0.25, -0.2) is 0 Å². The third-order valence-electron chi connectivity index (χ3n) is 1.62. The van der Waals surface area contributed by atoms with Crippen LogP contribution in [0.4, 0.5) is 0 Å². The van der Waals surface area contributed by atoms with Crippen LogP contribution in [0.25, 0.3) is 0 Å².